The molecule has 3 heterocycles. The molecule has 0 saturated carbocycles. The third-order valence-electron chi connectivity index (χ3n) is 3.74. The SMILES string of the molecule is N#Cc1ccc(N2CCN(Cc3cnc[nH]3)C[C@@H](O)C2)nc1. The van der Waals surface area contributed by atoms with Crippen molar-refractivity contribution in [2.45, 2.75) is 12.6 Å². The maximum Gasteiger partial charge on any atom is 0.128 e. The first-order valence-corrected chi connectivity index (χ1v) is 7.23. The van der Waals surface area contributed by atoms with E-state index in [2.05, 4.69) is 30.8 Å². The maximum absolute atomic E-state index is 10.2. The van der Waals surface area contributed by atoms with Crippen LogP contribution >= 0.6 is 0 Å². The molecule has 1 aliphatic heterocycles. The summed E-state index contributed by atoms with van der Waals surface area (Å²) in [5, 5.41) is 19.1. The van der Waals surface area contributed by atoms with Crippen molar-refractivity contribution in [1.82, 2.24) is 19.9 Å². The number of aliphatic hydroxyl groups excluding tert-OH is 1. The van der Waals surface area contributed by atoms with Crippen molar-refractivity contribution in [3.63, 3.8) is 0 Å². The maximum atomic E-state index is 10.2. The Morgan fingerprint density at radius 3 is 2.91 bits per heavy atom. The molecule has 7 heteroatoms. The predicted molar refractivity (Wildman–Crippen MR) is 81.0 cm³/mol. The smallest absolute Gasteiger partial charge is 0.128 e. The lowest BCUT2D eigenvalue weighted by molar-refractivity contribution is 0.128. The Kier molecular flexibility index (Phi) is 4.32. The molecular weight excluding hydrogens is 280 g/mol. The summed E-state index contributed by atoms with van der Waals surface area (Å²) < 4.78 is 0. The van der Waals surface area contributed by atoms with E-state index in [-0.39, 0.29) is 0 Å². The number of aromatic amines is 1. The average Bonchev–Trinajstić information content (AvgIpc) is 2.97. The Balaban J connectivity index is 1.67. The zero-order valence-corrected chi connectivity index (χ0v) is 12.2. The minimum Gasteiger partial charge on any atom is -0.390 e. The molecule has 0 radical (unpaired) electrons. The summed E-state index contributed by atoms with van der Waals surface area (Å²) in [4.78, 5) is 15.7. The minimum absolute atomic E-state index is 0.442. The molecule has 2 aromatic rings. The van der Waals surface area contributed by atoms with Gasteiger partial charge in [-0.25, -0.2) is 9.97 Å². The van der Waals surface area contributed by atoms with E-state index in [9.17, 15) is 5.11 Å². The van der Waals surface area contributed by atoms with Crippen LogP contribution in [0.1, 0.15) is 11.3 Å². The molecule has 1 fully saturated rings. The van der Waals surface area contributed by atoms with Gasteiger partial charge in [0.1, 0.15) is 11.9 Å². The first-order valence-electron chi connectivity index (χ1n) is 7.23. The fraction of sp³-hybridized carbons (Fsp3) is 0.400. The molecule has 0 spiro atoms. The number of aromatic nitrogens is 3. The van der Waals surface area contributed by atoms with Gasteiger partial charge in [-0.15, -0.1) is 0 Å². The number of β-amino-alcohol motifs (C(OH)–C–C–N with tert-alkyl or cyclic N) is 1. The van der Waals surface area contributed by atoms with Gasteiger partial charge >= 0.3 is 0 Å². The lowest BCUT2D eigenvalue weighted by Crippen LogP contribution is -2.33. The van der Waals surface area contributed by atoms with Crippen LogP contribution in [-0.4, -0.2) is 57.2 Å². The van der Waals surface area contributed by atoms with Crippen LogP contribution in [0.5, 0.6) is 0 Å². The molecule has 0 amide bonds. The van der Waals surface area contributed by atoms with Crippen LogP contribution in [0, 0.1) is 11.3 Å². The van der Waals surface area contributed by atoms with Gasteiger partial charge in [-0.1, -0.05) is 0 Å². The highest BCUT2D eigenvalue weighted by atomic mass is 16.3. The molecular formula is C15H18N6O. The summed E-state index contributed by atoms with van der Waals surface area (Å²) in [5.74, 6) is 0.793. The molecule has 2 N–H and O–H groups in total. The summed E-state index contributed by atoms with van der Waals surface area (Å²) in [6.45, 7) is 3.51. The average molecular weight is 298 g/mol. The van der Waals surface area contributed by atoms with Crippen LogP contribution in [0.3, 0.4) is 0 Å². The molecule has 114 valence electrons. The lowest BCUT2D eigenvalue weighted by Gasteiger charge is -2.22. The van der Waals surface area contributed by atoms with Crippen molar-refractivity contribution in [2.75, 3.05) is 31.1 Å². The van der Waals surface area contributed by atoms with Crippen LogP contribution in [0.15, 0.2) is 30.9 Å². The van der Waals surface area contributed by atoms with Crippen molar-refractivity contribution in [1.29, 1.82) is 5.26 Å². The Labute approximate surface area is 128 Å². The van der Waals surface area contributed by atoms with E-state index in [1.54, 1.807) is 24.8 Å². The van der Waals surface area contributed by atoms with Crippen LogP contribution in [-0.2, 0) is 6.54 Å². The molecule has 2 aromatic heterocycles. The van der Waals surface area contributed by atoms with Crippen molar-refractivity contribution >= 4 is 5.82 Å². The second-order valence-corrected chi connectivity index (χ2v) is 5.43. The predicted octanol–water partition coefficient (Wildman–Crippen LogP) is 0.359. The summed E-state index contributed by atoms with van der Waals surface area (Å²) in [7, 11) is 0. The molecule has 0 aliphatic carbocycles. The second-order valence-electron chi connectivity index (χ2n) is 5.43. The molecule has 1 saturated heterocycles. The van der Waals surface area contributed by atoms with Crippen molar-refractivity contribution in [3.05, 3.63) is 42.1 Å². The van der Waals surface area contributed by atoms with Crippen LogP contribution in [0.2, 0.25) is 0 Å². The van der Waals surface area contributed by atoms with Crippen molar-refractivity contribution in [3.8, 4) is 6.07 Å². The standard InChI is InChI=1S/C15H18N6O/c16-5-12-1-2-15(18-6-12)21-4-3-20(9-14(22)10-21)8-13-7-17-11-19-13/h1-2,6-7,11,14,22H,3-4,8-10H2,(H,17,19)/t14-/m1/s1. The number of nitrogens with zero attached hydrogens (tertiary/aromatic N) is 5. The van der Waals surface area contributed by atoms with Gasteiger partial charge in [0.25, 0.3) is 0 Å². The van der Waals surface area contributed by atoms with Gasteiger partial charge in [0, 0.05) is 50.8 Å². The zero-order valence-electron chi connectivity index (χ0n) is 12.2. The summed E-state index contributed by atoms with van der Waals surface area (Å²) in [5.41, 5.74) is 1.58. The highest BCUT2D eigenvalue weighted by Gasteiger charge is 2.22. The van der Waals surface area contributed by atoms with E-state index in [4.69, 9.17) is 5.26 Å². The third kappa shape index (κ3) is 3.42. The fourth-order valence-corrected chi connectivity index (χ4v) is 2.66. The molecule has 1 atom stereocenters. The summed E-state index contributed by atoms with van der Waals surface area (Å²) in [6.07, 6.45) is 4.59. The number of imidazole rings is 1. The van der Waals surface area contributed by atoms with Gasteiger partial charge in [0.2, 0.25) is 0 Å². The Morgan fingerprint density at radius 2 is 2.23 bits per heavy atom. The molecule has 3 rings (SSSR count). The number of hydrogen-bond donors (Lipinski definition) is 2. The topological polar surface area (TPSA) is 92.1 Å². The lowest BCUT2D eigenvalue weighted by atomic mass is 10.3. The number of hydrogen-bond acceptors (Lipinski definition) is 6. The van der Waals surface area contributed by atoms with E-state index in [0.29, 0.717) is 18.7 Å². The van der Waals surface area contributed by atoms with E-state index >= 15 is 0 Å². The molecule has 0 aromatic carbocycles. The van der Waals surface area contributed by atoms with Gasteiger partial charge in [0.15, 0.2) is 0 Å². The largest absolute Gasteiger partial charge is 0.390 e. The minimum atomic E-state index is -0.442. The van der Waals surface area contributed by atoms with E-state index < -0.39 is 6.10 Å². The first-order chi connectivity index (χ1) is 10.7. The van der Waals surface area contributed by atoms with Crippen LogP contribution in [0.4, 0.5) is 5.82 Å². The van der Waals surface area contributed by atoms with E-state index in [0.717, 1.165) is 31.1 Å². The number of H-pyrrole nitrogens is 1. The number of anilines is 1. The quantitative estimate of drug-likeness (QED) is 0.850. The van der Waals surface area contributed by atoms with Gasteiger partial charge in [-0.05, 0) is 12.1 Å². The van der Waals surface area contributed by atoms with E-state index in [1.165, 1.54) is 0 Å². The van der Waals surface area contributed by atoms with E-state index in [1.807, 2.05) is 6.07 Å². The monoisotopic (exact) mass is 298 g/mol. The van der Waals surface area contributed by atoms with Crippen LogP contribution in [0.25, 0.3) is 0 Å². The normalized spacial score (nSPS) is 19.6. The van der Waals surface area contributed by atoms with Gasteiger partial charge < -0.3 is 15.0 Å². The van der Waals surface area contributed by atoms with Gasteiger partial charge in [-0.3, -0.25) is 4.90 Å². The van der Waals surface area contributed by atoms with Gasteiger partial charge in [0.05, 0.1) is 18.0 Å². The number of rotatable bonds is 3. The molecule has 1 aliphatic rings. The molecule has 22 heavy (non-hydrogen) atoms. The van der Waals surface area contributed by atoms with Crippen molar-refractivity contribution in [2.24, 2.45) is 0 Å². The number of nitriles is 1. The molecule has 0 bridgehead atoms. The zero-order chi connectivity index (χ0) is 15.4. The molecule has 0 unspecified atom stereocenters. The second kappa shape index (κ2) is 6.56. The number of pyridine rings is 1. The Morgan fingerprint density at radius 1 is 1.32 bits per heavy atom. The molecule has 7 nitrogen and oxygen atoms in total. The summed E-state index contributed by atoms with van der Waals surface area (Å²) >= 11 is 0. The fourth-order valence-electron chi connectivity index (χ4n) is 2.66. The Hall–Kier alpha value is -2.43. The van der Waals surface area contributed by atoms with Crippen molar-refractivity contribution < 1.29 is 5.11 Å². The van der Waals surface area contributed by atoms with Gasteiger partial charge in [-0.2, -0.15) is 5.26 Å². The first kappa shape index (κ1) is 14.5. The summed E-state index contributed by atoms with van der Waals surface area (Å²) in [6, 6.07) is 5.64. The Bertz CT molecular complexity index is 633. The third-order valence-corrected chi connectivity index (χ3v) is 3.74. The highest BCUT2D eigenvalue weighted by molar-refractivity contribution is 5.42. The number of nitrogens with one attached hydrogen (secondary N) is 1. The van der Waals surface area contributed by atoms with Crippen LogP contribution < -0.4 is 4.90 Å². The number of aliphatic hydroxyl groups is 1. The highest BCUT2D eigenvalue weighted by Crippen LogP contribution is 2.15.